The molecule has 0 bridgehead atoms. The zero-order valence-electron chi connectivity index (χ0n) is 20.3. The van der Waals surface area contributed by atoms with Gasteiger partial charge in [-0.25, -0.2) is 0 Å². The molecule has 1 saturated carbocycles. The van der Waals surface area contributed by atoms with Gasteiger partial charge in [0.1, 0.15) is 11.2 Å². The van der Waals surface area contributed by atoms with Crippen LogP contribution in [0.5, 0.6) is 0 Å². The quantitative estimate of drug-likeness (QED) is 0.503. The summed E-state index contributed by atoms with van der Waals surface area (Å²) in [5.41, 5.74) is 2.89. The molecule has 0 radical (unpaired) electrons. The van der Waals surface area contributed by atoms with Crippen molar-refractivity contribution in [2.45, 2.75) is 70.5 Å². The fraction of sp³-hybridized carbons (Fsp3) is 0.393. The number of aryl methyl sites for hydroxylation is 1. The van der Waals surface area contributed by atoms with Gasteiger partial charge in [-0.2, -0.15) is 5.10 Å². The van der Waals surface area contributed by atoms with Gasteiger partial charge in [0.05, 0.1) is 12.2 Å². The van der Waals surface area contributed by atoms with Crippen LogP contribution in [-0.2, 0) is 17.8 Å². The van der Waals surface area contributed by atoms with Crippen molar-refractivity contribution in [3.63, 3.8) is 0 Å². The zero-order chi connectivity index (χ0) is 24.6. The lowest BCUT2D eigenvalue weighted by molar-refractivity contribution is -0.127. The van der Waals surface area contributed by atoms with Gasteiger partial charge in [0.25, 0.3) is 5.91 Å². The fourth-order valence-corrected chi connectivity index (χ4v) is 5.34. The lowest BCUT2D eigenvalue weighted by Gasteiger charge is -2.44. The molecule has 3 aromatic rings. The van der Waals surface area contributed by atoms with Crippen molar-refractivity contribution in [2.75, 3.05) is 4.90 Å². The number of halogens is 1. The Labute approximate surface area is 211 Å². The Kier molecular flexibility index (Phi) is 6.41. The molecule has 2 amide bonds. The van der Waals surface area contributed by atoms with Crippen molar-refractivity contribution >= 4 is 29.1 Å². The van der Waals surface area contributed by atoms with E-state index in [1.54, 1.807) is 33.8 Å². The molecule has 6 nitrogen and oxygen atoms in total. The Morgan fingerprint density at radius 2 is 1.77 bits per heavy atom. The van der Waals surface area contributed by atoms with Crippen LogP contribution in [-0.4, -0.2) is 33.2 Å². The highest BCUT2D eigenvalue weighted by molar-refractivity contribution is 6.30. The Hall–Kier alpha value is -3.12. The molecule has 35 heavy (non-hydrogen) atoms. The largest absolute Gasteiger partial charge is 0.351 e. The van der Waals surface area contributed by atoms with Gasteiger partial charge < -0.3 is 5.32 Å². The van der Waals surface area contributed by atoms with Gasteiger partial charge in [0.2, 0.25) is 5.91 Å². The number of hydrogen-bond donors (Lipinski definition) is 1. The maximum Gasteiger partial charge on any atom is 0.277 e. The summed E-state index contributed by atoms with van der Waals surface area (Å²) in [4.78, 5) is 29.3. The van der Waals surface area contributed by atoms with Crippen molar-refractivity contribution in [2.24, 2.45) is 0 Å². The highest BCUT2D eigenvalue weighted by atomic mass is 35.5. The van der Waals surface area contributed by atoms with Crippen molar-refractivity contribution in [3.8, 4) is 11.3 Å². The van der Waals surface area contributed by atoms with E-state index in [1.165, 1.54) is 12.0 Å². The first-order chi connectivity index (χ1) is 16.9. The van der Waals surface area contributed by atoms with Crippen molar-refractivity contribution in [3.05, 3.63) is 70.9 Å². The van der Waals surface area contributed by atoms with Crippen molar-refractivity contribution < 1.29 is 9.59 Å². The first-order valence-corrected chi connectivity index (χ1v) is 12.8. The predicted octanol–water partition coefficient (Wildman–Crippen LogP) is 5.63. The Balaban J connectivity index is 1.54. The van der Waals surface area contributed by atoms with Crippen LogP contribution >= 0.6 is 11.6 Å². The third-order valence-electron chi connectivity index (χ3n) is 7.33. The third kappa shape index (κ3) is 4.47. The monoisotopic (exact) mass is 490 g/mol. The van der Waals surface area contributed by atoms with E-state index in [4.69, 9.17) is 16.7 Å². The minimum absolute atomic E-state index is 0.141. The average molecular weight is 491 g/mol. The highest BCUT2D eigenvalue weighted by Crippen LogP contribution is 2.35. The summed E-state index contributed by atoms with van der Waals surface area (Å²) in [6, 6.07) is 17.3. The molecule has 7 heteroatoms. The van der Waals surface area contributed by atoms with Crippen LogP contribution in [0.2, 0.25) is 5.02 Å². The maximum atomic E-state index is 13.9. The van der Waals surface area contributed by atoms with Crippen molar-refractivity contribution in [1.82, 2.24) is 15.1 Å². The molecular weight excluding hydrogens is 460 g/mol. The van der Waals surface area contributed by atoms with Gasteiger partial charge in [-0.1, -0.05) is 62.1 Å². The normalized spacial score (nSPS) is 20.5. The van der Waals surface area contributed by atoms with Gasteiger partial charge in [0, 0.05) is 22.3 Å². The van der Waals surface area contributed by atoms with Crippen LogP contribution in [0.1, 0.15) is 62.0 Å². The third-order valence-corrected chi connectivity index (χ3v) is 7.58. The number of anilines is 1. The van der Waals surface area contributed by atoms with Gasteiger partial charge >= 0.3 is 0 Å². The van der Waals surface area contributed by atoms with Crippen LogP contribution < -0.4 is 10.2 Å². The number of carbonyl (C=O) groups excluding carboxylic acids is 2. The molecule has 1 atom stereocenters. The van der Waals surface area contributed by atoms with E-state index < -0.39 is 5.54 Å². The van der Waals surface area contributed by atoms with Gasteiger partial charge in [-0.15, -0.1) is 0 Å². The lowest BCUT2D eigenvalue weighted by Crippen LogP contribution is -2.65. The zero-order valence-corrected chi connectivity index (χ0v) is 21.0. The summed E-state index contributed by atoms with van der Waals surface area (Å²) < 4.78 is 1.69. The first kappa shape index (κ1) is 23.6. The summed E-state index contributed by atoms with van der Waals surface area (Å²) in [7, 11) is 0. The molecule has 1 aromatic heterocycles. The number of benzene rings is 2. The number of aromatic nitrogens is 2. The summed E-state index contributed by atoms with van der Waals surface area (Å²) in [5.74, 6) is -0.397. The summed E-state index contributed by atoms with van der Waals surface area (Å²) in [5, 5.41) is 8.58. The summed E-state index contributed by atoms with van der Waals surface area (Å²) >= 11 is 6.13. The van der Waals surface area contributed by atoms with E-state index in [-0.39, 0.29) is 24.4 Å². The SMILES string of the molecule is CCc1ccc(-c2cc3n(n2)C[C@](C)(C(=O)NC2CCCCC2)N(c2ccc(Cl)cc2)C3=O)cc1. The number of fused-ring (bicyclic) bond motifs is 1. The van der Waals surface area contributed by atoms with Gasteiger partial charge in [0.15, 0.2) is 0 Å². The number of carbonyl (C=O) groups is 2. The molecule has 0 unspecified atom stereocenters. The molecule has 5 rings (SSSR count). The Morgan fingerprint density at radius 1 is 1.09 bits per heavy atom. The molecular formula is C28H31ClN4O2. The summed E-state index contributed by atoms with van der Waals surface area (Å²) in [6.07, 6.45) is 6.35. The minimum atomic E-state index is -1.13. The summed E-state index contributed by atoms with van der Waals surface area (Å²) in [6.45, 7) is 4.22. The van der Waals surface area contributed by atoms with Crippen LogP contribution in [0.3, 0.4) is 0 Å². The molecule has 1 fully saturated rings. The van der Waals surface area contributed by atoms with Crippen LogP contribution in [0, 0.1) is 0 Å². The molecule has 2 heterocycles. The number of nitrogens with one attached hydrogen (secondary N) is 1. The van der Waals surface area contributed by atoms with E-state index in [0.717, 1.165) is 43.4 Å². The van der Waals surface area contributed by atoms with E-state index in [1.807, 2.05) is 25.1 Å². The molecule has 2 aromatic carbocycles. The van der Waals surface area contributed by atoms with Crippen molar-refractivity contribution in [1.29, 1.82) is 0 Å². The predicted molar refractivity (Wildman–Crippen MR) is 139 cm³/mol. The first-order valence-electron chi connectivity index (χ1n) is 12.5. The second-order valence-corrected chi connectivity index (χ2v) is 10.3. The molecule has 2 aliphatic rings. The molecule has 1 aliphatic heterocycles. The molecule has 1 N–H and O–H groups in total. The van der Waals surface area contributed by atoms with Crippen LogP contribution in [0.25, 0.3) is 11.3 Å². The van der Waals surface area contributed by atoms with Crippen LogP contribution in [0.15, 0.2) is 54.6 Å². The van der Waals surface area contributed by atoms with E-state index >= 15 is 0 Å². The maximum absolute atomic E-state index is 13.9. The molecule has 182 valence electrons. The smallest absolute Gasteiger partial charge is 0.277 e. The molecule has 1 aliphatic carbocycles. The Bertz CT molecular complexity index is 1230. The van der Waals surface area contributed by atoms with Gasteiger partial charge in [-0.05, 0) is 62.1 Å². The van der Waals surface area contributed by atoms with E-state index in [0.29, 0.717) is 16.4 Å². The lowest BCUT2D eigenvalue weighted by atomic mass is 9.91. The number of nitrogens with zero attached hydrogens (tertiary/aromatic N) is 3. The average Bonchev–Trinajstić information content (AvgIpc) is 3.30. The number of amides is 2. The second kappa shape index (κ2) is 9.50. The highest BCUT2D eigenvalue weighted by Gasteiger charge is 2.49. The van der Waals surface area contributed by atoms with Gasteiger partial charge in [-0.3, -0.25) is 19.2 Å². The van der Waals surface area contributed by atoms with Crippen LogP contribution in [0.4, 0.5) is 5.69 Å². The standard InChI is InChI=1S/C28H31ClN4O2/c1-3-19-9-11-20(12-10-19)24-17-25-26(34)33(23-15-13-21(29)14-16-23)28(2,18-32(25)31-24)27(35)30-22-7-5-4-6-8-22/h9-17,22H,3-8,18H2,1-2H3,(H,30,35)/t28-/m1/s1. The molecule has 0 spiro atoms. The fourth-order valence-electron chi connectivity index (χ4n) is 5.22. The second-order valence-electron chi connectivity index (χ2n) is 9.82. The van der Waals surface area contributed by atoms with E-state index in [9.17, 15) is 9.59 Å². The Morgan fingerprint density at radius 3 is 2.43 bits per heavy atom. The minimum Gasteiger partial charge on any atom is -0.351 e. The molecule has 0 saturated heterocycles. The van der Waals surface area contributed by atoms with E-state index in [2.05, 4.69) is 24.4 Å². The number of rotatable bonds is 5. The number of hydrogen-bond acceptors (Lipinski definition) is 3. The topological polar surface area (TPSA) is 67.2 Å².